The van der Waals surface area contributed by atoms with Gasteiger partial charge >= 0.3 is 0 Å². The minimum Gasteiger partial charge on any atom is -0.490 e. The summed E-state index contributed by atoms with van der Waals surface area (Å²) in [6.07, 6.45) is 10.9. The molecular formula is C25H40N2O4. The van der Waals surface area contributed by atoms with Crippen molar-refractivity contribution in [3.05, 3.63) is 23.8 Å². The number of fused-ring (bicyclic) bond motifs is 1. The van der Waals surface area contributed by atoms with E-state index in [1.54, 1.807) is 18.2 Å². The number of nitrogens with two attached hydrogens (primary N) is 1. The van der Waals surface area contributed by atoms with Gasteiger partial charge in [0.1, 0.15) is 0 Å². The van der Waals surface area contributed by atoms with Gasteiger partial charge in [-0.15, -0.1) is 0 Å². The molecule has 6 heteroatoms. The molecule has 174 valence electrons. The Morgan fingerprint density at radius 3 is 2.61 bits per heavy atom. The van der Waals surface area contributed by atoms with Crippen LogP contribution in [0, 0.1) is 11.8 Å². The average Bonchev–Trinajstić information content (AvgIpc) is 3.04. The van der Waals surface area contributed by atoms with E-state index in [1.165, 1.54) is 64.6 Å². The van der Waals surface area contributed by atoms with Crippen molar-refractivity contribution in [2.45, 2.75) is 58.3 Å². The molecule has 0 aromatic heterocycles. The summed E-state index contributed by atoms with van der Waals surface area (Å²) in [6.45, 7) is 9.10. The van der Waals surface area contributed by atoms with E-state index in [1.807, 2.05) is 0 Å². The SMILES string of the molecule is CCOCC1CCCN(CC2CCCCC2)C1.NC(=O)c1cccc2c1OCCCO2. The number of piperidine rings is 1. The van der Waals surface area contributed by atoms with E-state index in [0.717, 1.165) is 31.5 Å². The number of rotatable bonds is 6. The minimum absolute atomic E-state index is 0.379. The smallest absolute Gasteiger partial charge is 0.252 e. The molecule has 1 saturated carbocycles. The molecule has 2 fully saturated rings. The van der Waals surface area contributed by atoms with Crippen LogP contribution in [0.1, 0.15) is 68.6 Å². The van der Waals surface area contributed by atoms with Crippen LogP contribution in [0.2, 0.25) is 0 Å². The number of ether oxygens (including phenoxy) is 3. The first kappa shape index (κ1) is 23.9. The topological polar surface area (TPSA) is 74.0 Å². The van der Waals surface area contributed by atoms with Gasteiger partial charge in [-0.25, -0.2) is 0 Å². The molecule has 0 bridgehead atoms. The number of hydrogen-bond acceptors (Lipinski definition) is 5. The highest BCUT2D eigenvalue weighted by atomic mass is 16.5. The fraction of sp³-hybridized carbons (Fsp3) is 0.720. The van der Waals surface area contributed by atoms with Crippen molar-refractivity contribution < 1.29 is 19.0 Å². The summed E-state index contributed by atoms with van der Waals surface area (Å²) in [5, 5.41) is 0. The van der Waals surface area contributed by atoms with Crippen LogP contribution in [0.4, 0.5) is 0 Å². The number of carbonyl (C=O) groups is 1. The summed E-state index contributed by atoms with van der Waals surface area (Å²) in [5.74, 6) is 2.37. The third kappa shape index (κ3) is 7.69. The summed E-state index contributed by atoms with van der Waals surface area (Å²) >= 11 is 0. The number of benzene rings is 1. The molecule has 3 aliphatic rings. The molecule has 1 saturated heterocycles. The predicted molar refractivity (Wildman–Crippen MR) is 123 cm³/mol. The summed E-state index contributed by atoms with van der Waals surface area (Å²) in [4.78, 5) is 13.8. The van der Waals surface area contributed by atoms with Gasteiger partial charge in [0.2, 0.25) is 0 Å². The van der Waals surface area contributed by atoms with E-state index in [4.69, 9.17) is 19.9 Å². The second-order valence-electron chi connectivity index (χ2n) is 8.98. The first-order chi connectivity index (χ1) is 15.2. The lowest BCUT2D eigenvalue weighted by molar-refractivity contribution is 0.0591. The Hall–Kier alpha value is -1.79. The average molecular weight is 433 g/mol. The molecule has 2 heterocycles. The molecule has 2 aliphatic heterocycles. The van der Waals surface area contributed by atoms with Gasteiger partial charge in [0, 0.05) is 26.1 Å². The van der Waals surface area contributed by atoms with Crippen LogP contribution in [-0.2, 0) is 4.74 Å². The quantitative estimate of drug-likeness (QED) is 0.727. The number of carbonyl (C=O) groups excluding carboxylic acids is 1. The van der Waals surface area contributed by atoms with Crippen LogP contribution >= 0.6 is 0 Å². The highest BCUT2D eigenvalue weighted by Crippen LogP contribution is 2.32. The van der Waals surface area contributed by atoms with Gasteiger partial charge in [-0.2, -0.15) is 0 Å². The van der Waals surface area contributed by atoms with E-state index in [9.17, 15) is 4.79 Å². The van der Waals surface area contributed by atoms with Crippen molar-refractivity contribution >= 4 is 5.91 Å². The van der Waals surface area contributed by atoms with Gasteiger partial charge in [-0.3, -0.25) is 4.79 Å². The standard InChI is InChI=1S/C15H29NO.C10H11NO3/c1-2-17-13-15-9-6-10-16(12-15)11-14-7-4-3-5-8-14;11-10(12)7-3-1-4-8-9(7)14-6-2-5-13-8/h14-15H,2-13H2,1H3;1,3-4H,2,5-6H2,(H2,11,12). The van der Waals surface area contributed by atoms with Crippen LogP contribution in [0.15, 0.2) is 18.2 Å². The third-order valence-corrected chi connectivity index (χ3v) is 6.44. The van der Waals surface area contributed by atoms with Crippen LogP contribution < -0.4 is 15.2 Å². The Bertz CT molecular complexity index is 675. The zero-order valence-corrected chi connectivity index (χ0v) is 19.2. The number of primary amides is 1. The maximum Gasteiger partial charge on any atom is 0.252 e. The lowest BCUT2D eigenvalue weighted by Crippen LogP contribution is -2.40. The minimum atomic E-state index is -0.493. The Kier molecular flexibility index (Phi) is 9.94. The highest BCUT2D eigenvalue weighted by Gasteiger charge is 2.23. The number of nitrogens with zero attached hydrogens (tertiary/aromatic N) is 1. The van der Waals surface area contributed by atoms with Crippen LogP contribution in [0.3, 0.4) is 0 Å². The van der Waals surface area contributed by atoms with E-state index >= 15 is 0 Å². The Morgan fingerprint density at radius 1 is 1.06 bits per heavy atom. The van der Waals surface area contributed by atoms with Crippen LogP contribution in [-0.4, -0.2) is 56.9 Å². The number of likely N-dealkylation sites (tertiary alicyclic amines) is 1. The summed E-state index contributed by atoms with van der Waals surface area (Å²) < 4.78 is 16.4. The van der Waals surface area contributed by atoms with Crippen molar-refractivity contribution in [1.82, 2.24) is 4.90 Å². The summed E-state index contributed by atoms with van der Waals surface area (Å²) in [7, 11) is 0. The van der Waals surface area contributed by atoms with Gasteiger partial charge in [0.25, 0.3) is 5.91 Å². The number of hydrogen-bond donors (Lipinski definition) is 1. The zero-order valence-electron chi connectivity index (χ0n) is 19.2. The van der Waals surface area contributed by atoms with Crippen molar-refractivity contribution in [3.63, 3.8) is 0 Å². The number of para-hydroxylation sites is 1. The molecular weight excluding hydrogens is 392 g/mol. The monoisotopic (exact) mass is 432 g/mol. The Morgan fingerprint density at radius 2 is 1.84 bits per heavy atom. The molecule has 1 aromatic carbocycles. The van der Waals surface area contributed by atoms with Crippen molar-refractivity contribution in [3.8, 4) is 11.5 Å². The summed E-state index contributed by atoms with van der Waals surface area (Å²) in [6, 6.07) is 5.14. The molecule has 1 amide bonds. The molecule has 0 radical (unpaired) electrons. The van der Waals surface area contributed by atoms with E-state index < -0.39 is 5.91 Å². The Labute approximate surface area is 187 Å². The van der Waals surface area contributed by atoms with Gasteiger partial charge < -0.3 is 24.8 Å². The normalized spacial score (nSPS) is 22.2. The van der Waals surface area contributed by atoms with Gasteiger partial charge in [0.05, 0.1) is 25.4 Å². The van der Waals surface area contributed by atoms with Gasteiger partial charge in [-0.05, 0) is 63.1 Å². The first-order valence-electron chi connectivity index (χ1n) is 12.2. The molecule has 1 atom stereocenters. The molecule has 1 unspecified atom stereocenters. The van der Waals surface area contributed by atoms with E-state index in [2.05, 4.69) is 11.8 Å². The molecule has 31 heavy (non-hydrogen) atoms. The molecule has 1 aromatic rings. The van der Waals surface area contributed by atoms with Crippen molar-refractivity contribution in [2.24, 2.45) is 17.6 Å². The van der Waals surface area contributed by atoms with Gasteiger partial charge in [-0.1, -0.05) is 25.3 Å². The maximum atomic E-state index is 11.1. The van der Waals surface area contributed by atoms with Crippen LogP contribution in [0.5, 0.6) is 11.5 Å². The second kappa shape index (κ2) is 12.9. The van der Waals surface area contributed by atoms with E-state index in [-0.39, 0.29) is 0 Å². The highest BCUT2D eigenvalue weighted by molar-refractivity contribution is 5.96. The Balaban J connectivity index is 0.000000179. The largest absolute Gasteiger partial charge is 0.490 e. The molecule has 1 aliphatic carbocycles. The van der Waals surface area contributed by atoms with Gasteiger partial charge in [0.15, 0.2) is 11.5 Å². The fourth-order valence-corrected chi connectivity index (χ4v) is 4.86. The molecule has 0 spiro atoms. The summed E-state index contributed by atoms with van der Waals surface area (Å²) in [5.41, 5.74) is 5.59. The lowest BCUT2D eigenvalue weighted by Gasteiger charge is -2.35. The molecule has 4 rings (SSSR count). The second-order valence-corrected chi connectivity index (χ2v) is 8.98. The predicted octanol–water partition coefficient (Wildman–Crippen LogP) is 4.26. The van der Waals surface area contributed by atoms with Crippen molar-refractivity contribution in [1.29, 1.82) is 0 Å². The third-order valence-electron chi connectivity index (χ3n) is 6.44. The van der Waals surface area contributed by atoms with Crippen molar-refractivity contribution in [2.75, 3.05) is 46.1 Å². The zero-order chi connectivity index (χ0) is 21.9. The first-order valence-corrected chi connectivity index (χ1v) is 12.2. The fourth-order valence-electron chi connectivity index (χ4n) is 4.86. The van der Waals surface area contributed by atoms with Crippen LogP contribution in [0.25, 0.3) is 0 Å². The molecule has 2 N–H and O–H groups in total. The lowest BCUT2D eigenvalue weighted by atomic mass is 9.88. The number of amides is 1. The van der Waals surface area contributed by atoms with E-state index in [0.29, 0.717) is 30.3 Å². The molecule has 6 nitrogen and oxygen atoms in total. The maximum absolute atomic E-state index is 11.1.